The molecule has 10 heavy (non-hydrogen) atoms. The summed E-state index contributed by atoms with van der Waals surface area (Å²) in [4.78, 5) is 10.4. The number of carboxylic acid groups (broad SMARTS) is 1. The van der Waals surface area contributed by atoms with E-state index in [9.17, 15) is 4.79 Å². The lowest BCUT2D eigenvalue weighted by atomic mass is 10.2. The van der Waals surface area contributed by atoms with Crippen molar-refractivity contribution < 1.29 is 9.90 Å². The molecule has 0 aromatic rings. The third-order valence-corrected chi connectivity index (χ3v) is 1.27. The number of hydrogen-bond acceptors (Lipinski definition) is 1. The van der Waals surface area contributed by atoms with E-state index < -0.39 is 5.97 Å². The molecule has 0 saturated heterocycles. The van der Waals surface area contributed by atoms with Gasteiger partial charge < -0.3 is 5.11 Å². The fourth-order valence-corrected chi connectivity index (χ4v) is 0.736. The van der Waals surface area contributed by atoms with Crippen molar-refractivity contribution >= 4 is 5.97 Å². The highest BCUT2D eigenvalue weighted by atomic mass is 16.4. The summed E-state index contributed by atoms with van der Waals surface area (Å²) in [5.41, 5.74) is 0.435. The molecule has 0 saturated carbocycles. The van der Waals surface area contributed by atoms with Crippen LogP contribution < -0.4 is 0 Å². The summed E-state index contributed by atoms with van der Waals surface area (Å²) in [6.07, 6.45) is 9.34. The number of aliphatic carboxylic acids is 1. The van der Waals surface area contributed by atoms with E-state index in [0.29, 0.717) is 12.0 Å². The minimum Gasteiger partial charge on any atom is -0.478 e. The van der Waals surface area contributed by atoms with Crippen LogP contribution in [0.2, 0.25) is 0 Å². The van der Waals surface area contributed by atoms with Crippen molar-refractivity contribution in [2.45, 2.75) is 6.42 Å². The average molecular weight is 136 g/mol. The Labute approximate surface area is 59.2 Å². The first kappa shape index (κ1) is 6.81. The van der Waals surface area contributed by atoms with Crippen LogP contribution in [0.15, 0.2) is 36.0 Å². The molecule has 0 bridgehead atoms. The van der Waals surface area contributed by atoms with E-state index in [1.807, 2.05) is 18.2 Å². The molecule has 0 aromatic carbocycles. The highest BCUT2D eigenvalue weighted by Crippen LogP contribution is 2.05. The van der Waals surface area contributed by atoms with Gasteiger partial charge in [0.2, 0.25) is 0 Å². The molecule has 0 spiro atoms. The van der Waals surface area contributed by atoms with Crippen LogP contribution in [-0.2, 0) is 4.79 Å². The van der Waals surface area contributed by atoms with E-state index in [2.05, 4.69) is 0 Å². The Bertz CT molecular complexity index is 221. The van der Waals surface area contributed by atoms with Gasteiger partial charge in [-0.15, -0.1) is 0 Å². The van der Waals surface area contributed by atoms with Gasteiger partial charge in [-0.2, -0.15) is 0 Å². The van der Waals surface area contributed by atoms with Crippen molar-refractivity contribution in [1.82, 2.24) is 0 Å². The van der Waals surface area contributed by atoms with Gasteiger partial charge in [-0.25, -0.2) is 4.79 Å². The molecule has 1 rings (SSSR count). The summed E-state index contributed by atoms with van der Waals surface area (Å²) in [6.45, 7) is 0. The SMILES string of the molecule is O=C(O)C1=CC=CC=CC1. The molecule has 0 amide bonds. The first-order valence-corrected chi connectivity index (χ1v) is 3.06. The molecule has 0 aliphatic heterocycles. The first-order chi connectivity index (χ1) is 4.80. The second-order valence-electron chi connectivity index (χ2n) is 2.01. The summed E-state index contributed by atoms with van der Waals surface area (Å²) in [6, 6.07) is 0. The van der Waals surface area contributed by atoms with Gasteiger partial charge in [-0.1, -0.05) is 30.4 Å². The molecule has 1 aliphatic carbocycles. The topological polar surface area (TPSA) is 37.3 Å². The average Bonchev–Trinajstić information content (AvgIpc) is 2.12. The number of carboxylic acids is 1. The summed E-state index contributed by atoms with van der Waals surface area (Å²) >= 11 is 0. The normalized spacial score (nSPS) is 16.2. The van der Waals surface area contributed by atoms with Crippen molar-refractivity contribution in [3.63, 3.8) is 0 Å². The van der Waals surface area contributed by atoms with Gasteiger partial charge in [-0.3, -0.25) is 0 Å². The highest BCUT2D eigenvalue weighted by Gasteiger charge is 2.03. The summed E-state index contributed by atoms with van der Waals surface area (Å²) in [5, 5.41) is 8.53. The molecular formula is C8H8O2. The quantitative estimate of drug-likeness (QED) is 0.593. The Morgan fingerprint density at radius 2 is 2.20 bits per heavy atom. The second kappa shape index (κ2) is 3.01. The molecular weight excluding hydrogens is 128 g/mol. The molecule has 2 heteroatoms. The third-order valence-electron chi connectivity index (χ3n) is 1.27. The zero-order valence-corrected chi connectivity index (χ0v) is 5.45. The highest BCUT2D eigenvalue weighted by molar-refractivity contribution is 5.87. The minimum absolute atomic E-state index is 0.435. The van der Waals surface area contributed by atoms with E-state index >= 15 is 0 Å². The predicted octanol–water partition coefficient (Wildman–Crippen LogP) is 1.51. The Morgan fingerprint density at radius 3 is 2.90 bits per heavy atom. The van der Waals surface area contributed by atoms with Crippen molar-refractivity contribution in [3.05, 3.63) is 36.0 Å². The van der Waals surface area contributed by atoms with Crippen LogP contribution in [0, 0.1) is 0 Å². The largest absolute Gasteiger partial charge is 0.478 e. The van der Waals surface area contributed by atoms with Gasteiger partial charge >= 0.3 is 5.97 Å². The number of allylic oxidation sites excluding steroid dienone is 5. The van der Waals surface area contributed by atoms with Crippen molar-refractivity contribution in [2.24, 2.45) is 0 Å². The lowest BCUT2D eigenvalue weighted by molar-refractivity contribution is -0.132. The van der Waals surface area contributed by atoms with Crippen LogP contribution >= 0.6 is 0 Å². The second-order valence-corrected chi connectivity index (χ2v) is 2.01. The van der Waals surface area contributed by atoms with E-state index in [4.69, 9.17) is 5.11 Å². The lowest BCUT2D eigenvalue weighted by Gasteiger charge is -1.92. The monoisotopic (exact) mass is 136 g/mol. The molecule has 2 nitrogen and oxygen atoms in total. The minimum atomic E-state index is -0.837. The van der Waals surface area contributed by atoms with Crippen LogP contribution in [0.4, 0.5) is 0 Å². The third kappa shape index (κ3) is 1.58. The Hall–Kier alpha value is -1.31. The molecule has 0 atom stereocenters. The predicted molar refractivity (Wildman–Crippen MR) is 38.6 cm³/mol. The van der Waals surface area contributed by atoms with Gasteiger partial charge in [0.15, 0.2) is 0 Å². The van der Waals surface area contributed by atoms with Crippen molar-refractivity contribution in [1.29, 1.82) is 0 Å². The molecule has 1 N–H and O–H groups in total. The van der Waals surface area contributed by atoms with Crippen LogP contribution in [0.3, 0.4) is 0 Å². The van der Waals surface area contributed by atoms with E-state index in [1.54, 1.807) is 12.2 Å². The first-order valence-electron chi connectivity index (χ1n) is 3.06. The van der Waals surface area contributed by atoms with E-state index in [-0.39, 0.29) is 0 Å². The van der Waals surface area contributed by atoms with Gasteiger partial charge in [0, 0.05) is 5.57 Å². The van der Waals surface area contributed by atoms with Crippen LogP contribution in [-0.4, -0.2) is 11.1 Å². The maximum Gasteiger partial charge on any atom is 0.331 e. The maximum atomic E-state index is 10.4. The lowest BCUT2D eigenvalue weighted by Crippen LogP contribution is -1.98. The molecule has 0 fully saturated rings. The van der Waals surface area contributed by atoms with Crippen molar-refractivity contribution in [3.8, 4) is 0 Å². The fourth-order valence-electron chi connectivity index (χ4n) is 0.736. The summed E-state index contributed by atoms with van der Waals surface area (Å²) in [7, 11) is 0. The van der Waals surface area contributed by atoms with Gasteiger partial charge in [-0.05, 0) is 6.42 Å². The summed E-state index contributed by atoms with van der Waals surface area (Å²) in [5.74, 6) is -0.837. The number of rotatable bonds is 1. The van der Waals surface area contributed by atoms with Crippen molar-refractivity contribution in [2.75, 3.05) is 0 Å². The standard InChI is InChI=1S/C8H8O2/c9-8(10)7-5-3-1-2-4-6-7/h1-5H,6H2,(H,9,10). The number of hydrogen-bond donors (Lipinski definition) is 1. The Morgan fingerprint density at radius 1 is 1.40 bits per heavy atom. The fraction of sp³-hybridized carbons (Fsp3) is 0.125. The Kier molecular flexibility index (Phi) is 2.05. The van der Waals surface area contributed by atoms with Gasteiger partial charge in [0.05, 0.1) is 0 Å². The van der Waals surface area contributed by atoms with Gasteiger partial charge in [0.1, 0.15) is 0 Å². The molecule has 0 aromatic heterocycles. The van der Waals surface area contributed by atoms with Gasteiger partial charge in [0.25, 0.3) is 0 Å². The molecule has 0 heterocycles. The smallest absolute Gasteiger partial charge is 0.331 e. The zero-order valence-electron chi connectivity index (χ0n) is 5.45. The van der Waals surface area contributed by atoms with E-state index in [0.717, 1.165) is 0 Å². The summed E-state index contributed by atoms with van der Waals surface area (Å²) < 4.78 is 0. The molecule has 52 valence electrons. The maximum absolute atomic E-state index is 10.4. The Balaban J connectivity index is 2.78. The van der Waals surface area contributed by atoms with Crippen LogP contribution in [0.25, 0.3) is 0 Å². The van der Waals surface area contributed by atoms with E-state index in [1.165, 1.54) is 0 Å². The van der Waals surface area contributed by atoms with Crippen LogP contribution in [0.5, 0.6) is 0 Å². The van der Waals surface area contributed by atoms with Crippen LogP contribution in [0.1, 0.15) is 6.42 Å². The number of carbonyl (C=O) groups is 1. The molecule has 0 radical (unpaired) electrons. The zero-order chi connectivity index (χ0) is 7.40. The molecule has 1 aliphatic rings. The molecule has 0 unspecified atom stereocenters.